The first-order chi connectivity index (χ1) is 13.5. The van der Waals surface area contributed by atoms with Crippen LogP contribution in [0.4, 0.5) is 0 Å². The van der Waals surface area contributed by atoms with Gasteiger partial charge in [0.1, 0.15) is 0 Å². The third-order valence-electron chi connectivity index (χ3n) is 5.59. The molecule has 1 saturated heterocycles. The van der Waals surface area contributed by atoms with Crippen LogP contribution in [0.1, 0.15) is 58.6 Å². The van der Waals surface area contributed by atoms with Crippen LogP contribution in [0.25, 0.3) is 0 Å². The van der Waals surface area contributed by atoms with Crippen LogP contribution < -0.4 is 5.32 Å². The number of hydrogen-bond donors (Lipinski definition) is 1. The number of hydrogen-bond acceptors (Lipinski definition) is 3. The van der Waals surface area contributed by atoms with Crippen molar-refractivity contribution in [1.29, 1.82) is 0 Å². The zero-order valence-corrected chi connectivity index (χ0v) is 17.1. The van der Waals surface area contributed by atoms with Gasteiger partial charge in [0.2, 0.25) is 5.91 Å². The number of carbonyl (C=O) groups excluding carboxylic acids is 2. The second-order valence-electron chi connectivity index (χ2n) is 7.60. The highest BCUT2D eigenvalue weighted by Crippen LogP contribution is 2.15. The molecule has 150 valence electrons. The van der Waals surface area contributed by atoms with Crippen molar-refractivity contribution >= 4 is 11.8 Å². The topological polar surface area (TPSA) is 67.2 Å². The van der Waals surface area contributed by atoms with Gasteiger partial charge in [0.25, 0.3) is 5.91 Å². The summed E-state index contributed by atoms with van der Waals surface area (Å²) in [5.41, 5.74) is 4.97. The number of nitrogens with zero attached hydrogens (tertiary/aromatic N) is 3. The zero-order valence-electron chi connectivity index (χ0n) is 17.1. The predicted molar refractivity (Wildman–Crippen MR) is 109 cm³/mol. The number of likely N-dealkylation sites (tertiary alicyclic amines) is 1. The molecular formula is C22H30N4O2. The van der Waals surface area contributed by atoms with Crippen molar-refractivity contribution in [3.63, 3.8) is 0 Å². The number of piperidine rings is 1. The molecule has 2 aromatic rings. The Morgan fingerprint density at radius 1 is 1.07 bits per heavy atom. The molecule has 2 heterocycles. The van der Waals surface area contributed by atoms with Gasteiger partial charge in [0.15, 0.2) is 0 Å². The Kier molecular flexibility index (Phi) is 6.49. The predicted octanol–water partition coefficient (Wildman–Crippen LogP) is 2.91. The Morgan fingerprint density at radius 3 is 2.36 bits per heavy atom. The van der Waals surface area contributed by atoms with Crippen molar-refractivity contribution < 1.29 is 9.59 Å². The van der Waals surface area contributed by atoms with Crippen LogP contribution in [-0.4, -0.2) is 39.6 Å². The average molecular weight is 383 g/mol. The van der Waals surface area contributed by atoms with Crippen LogP contribution in [0.3, 0.4) is 0 Å². The van der Waals surface area contributed by atoms with E-state index in [0.29, 0.717) is 19.4 Å². The van der Waals surface area contributed by atoms with Gasteiger partial charge in [0.05, 0.1) is 5.69 Å². The maximum atomic E-state index is 12.5. The molecule has 1 N–H and O–H groups in total. The summed E-state index contributed by atoms with van der Waals surface area (Å²) in [5.74, 6) is 0.133. The molecule has 3 rings (SSSR count). The maximum Gasteiger partial charge on any atom is 0.253 e. The van der Waals surface area contributed by atoms with E-state index in [4.69, 9.17) is 0 Å². The molecule has 1 fully saturated rings. The van der Waals surface area contributed by atoms with Crippen LogP contribution in [0, 0.1) is 13.8 Å². The Bertz CT molecular complexity index is 833. The molecule has 6 heteroatoms. The summed E-state index contributed by atoms with van der Waals surface area (Å²) < 4.78 is 1.86. The van der Waals surface area contributed by atoms with Gasteiger partial charge in [-0.2, -0.15) is 5.10 Å². The summed E-state index contributed by atoms with van der Waals surface area (Å²) in [5, 5.41) is 7.36. The van der Waals surface area contributed by atoms with Crippen LogP contribution >= 0.6 is 0 Å². The monoisotopic (exact) mass is 382 g/mol. The summed E-state index contributed by atoms with van der Waals surface area (Å²) in [6.07, 6.45) is 4.53. The van der Waals surface area contributed by atoms with Crippen molar-refractivity contribution in [2.24, 2.45) is 7.05 Å². The Balaban J connectivity index is 1.47. The molecule has 0 spiro atoms. The molecule has 0 atom stereocenters. The van der Waals surface area contributed by atoms with Gasteiger partial charge in [-0.1, -0.05) is 12.1 Å². The minimum Gasteiger partial charge on any atom is -0.352 e. The van der Waals surface area contributed by atoms with E-state index >= 15 is 0 Å². The second kappa shape index (κ2) is 9.04. The summed E-state index contributed by atoms with van der Waals surface area (Å²) in [4.78, 5) is 26.6. The standard InChI is InChI=1S/C22H30N4O2/c1-16-20(17(2)25(3)24-16)11-12-21(27)23-15-18-7-9-19(10-8-18)22(28)26-13-5-4-6-14-26/h7-10H,4-6,11-15H2,1-3H3,(H,23,27). The van der Waals surface area contributed by atoms with Gasteiger partial charge in [-0.25, -0.2) is 0 Å². The number of carbonyl (C=O) groups is 2. The lowest BCUT2D eigenvalue weighted by Crippen LogP contribution is -2.35. The first kappa shape index (κ1) is 20.1. The number of aromatic nitrogens is 2. The molecule has 2 amide bonds. The van der Waals surface area contributed by atoms with Crippen molar-refractivity contribution in [3.8, 4) is 0 Å². The fraction of sp³-hybridized carbons (Fsp3) is 0.500. The van der Waals surface area contributed by atoms with Crippen LogP contribution in [0.15, 0.2) is 24.3 Å². The lowest BCUT2D eigenvalue weighted by Gasteiger charge is -2.26. The number of aryl methyl sites for hydroxylation is 2. The van der Waals surface area contributed by atoms with Gasteiger partial charge >= 0.3 is 0 Å². The molecule has 6 nitrogen and oxygen atoms in total. The molecule has 1 aliphatic heterocycles. The third kappa shape index (κ3) is 4.80. The summed E-state index contributed by atoms with van der Waals surface area (Å²) in [6, 6.07) is 7.57. The van der Waals surface area contributed by atoms with Crippen molar-refractivity contribution in [1.82, 2.24) is 20.0 Å². The molecule has 0 saturated carbocycles. The Morgan fingerprint density at radius 2 is 1.75 bits per heavy atom. The van der Waals surface area contributed by atoms with Gasteiger partial charge in [0, 0.05) is 44.4 Å². The zero-order chi connectivity index (χ0) is 20.1. The summed E-state index contributed by atoms with van der Waals surface area (Å²) >= 11 is 0. The average Bonchev–Trinajstić information content (AvgIpc) is 2.96. The number of amides is 2. The highest BCUT2D eigenvalue weighted by molar-refractivity contribution is 5.94. The molecule has 1 aromatic carbocycles. The molecule has 1 aliphatic rings. The first-order valence-corrected chi connectivity index (χ1v) is 10.1. The van der Waals surface area contributed by atoms with E-state index in [1.807, 2.05) is 54.7 Å². The van der Waals surface area contributed by atoms with Crippen LogP contribution in [-0.2, 0) is 24.8 Å². The smallest absolute Gasteiger partial charge is 0.253 e. The van der Waals surface area contributed by atoms with E-state index in [0.717, 1.165) is 54.0 Å². The minimum absolute atomic E-state index is 0.0242. The lowest BCUT2D eigenvalue weighted by atomic mass is 10.1. The molecular weight excluding hydrogens is 352 g/mol. The molecule has 0 radical (unpaired) electrons. The molecule has 1 aromatic heterocycles. The number of nitrogens with one attached hydrogen (secondary N) is 1. The van der Waals surface area contributed by atoms with E-state index in [2.05, 4.69) is 10.4 Å². The number of benzene rings is 1. The first-order valence-electron chi connectivity index (χ1n) is 10.1. The number of rotatable bonds is 6. The van der Waals surface area contributed by atoms with E-state index in [-0.39, 0.29) is 11.8 Å². The Labute approximate surface area is 166 Å². The normalized spacial score (nSPS) is 14.2. The second-order valence-corrected chi connectivity index (χ2v) is 7.60. The van der Waals surface area contributed by atoms with Gasteiger partial charge in [-0.3, -0.25) is 14.3 Å². The molecule has 0 unspecified atom stereocenters. The highest BCUT2D eigenvalue weighted by Gasteiger charge is 2.18. The lowest BCUT2D eigenvalue weighted by molar-refractivity contribution is -0.121. The van der Waals surface area contributed by atoms with Crippen molar-refractivity contribution in [2.75, 3.05) is 13.1 Å². The van der Waals surface area contributed by atoms with Gasteiger partial charge in [-0.15, -0.1) is 0 Å². The van der Waals surface area contributed by atoms with Crippen LogP contribution in [0.5, 0.6) is 0 Å². The SMILES string of the molecule is Cc1nn(C)c(C)c1CCC(=O)NCc1ccc(C(=O)N2CCCCC2)cc1. The highest BCUT2D eigenvalue weighted by atomic mass is 16.2. The minimum atomic E-state index is 0.0242. The molecule has 0 bridgehead atoms. The fourth-order valence-electron chi connectivity index (χ4n) is 3.75. The van der Waals surface area contributed by atoms with Crippen molar-refractivity contribution in [2.45, 2.75) is 52.5 Å². The van der Waals surface area contributed by atoms with E-state index in [1.54, 1.807) is 0 Å². The van der Waals surface area contributed by atoms with Gasteiger partial charge in [-0.05, 0) is 62.8 Å². The van der Waals surface area contributed by atoms with Crippen molar-refractivity contribution in [3.05, 3.63) is 52.3 Å². The largest absolute Gasteiger partial charge is 0.352 e. The van der Waals surface area contributed by atoms with Gasteiger partial charge < -0.3 is 10.2 Å². The summed E-state index contributed by atoms with van der Waals surface area (Å²) in [6.45, 7) is 6.19. The third-order valence-corrected chi connectivity index (χ3v) is 5.59. The fourth-order valence-corrected chi connectivity index (χ4v) is 3.75. The molecule has 0 aliphatic carbocycles. The molecule has 28 heavy (non-hydrogen) atoms. The maximum absolute atomic E-state index is 12.5. The Hall–Kier alpha value is -2.63. The quantitative estimate of drug-likeness (QED) is 0.835. The van der Waals surface area contributed by atoms with E-state index in [1.165, 1.54) is 6.42 Å². The summed E-state index contributed by atoms with van der Waals surface area (Å²) in [7, 11) is 1.92. The van der Waals surface area contributed by atoms with E-state index < -0.39 is 0 Å². The van der Waals surface area contributed by atoms with Crippen LogP contribution in [0.2, 0.25) is 0 Å². The van der Waals surface area contributed by atoms with E-state index in [9.17, 15) is 9.59 Å².